The van der Waals surface area contributed by atoms with E-state index >= 15 is 0 Å². The third-order valence-electron chi connectivity index (χ3n) is 1.69. The number of carbonyl (C=O) groups is 1. The highest BCUT2D eigenvalue weighted by molar-refractivity contribution is 5.85. The minimum absolute atomic E-state index is 0.299. The van der Waals surface area contributed by atoms with Crippen LogP contribution in [0.2, 0.25) is 0 Å². The molecule has 0 aromatic carbocycles. The van der Waals surface area contributed by atoms with Crippen molar-refractivity contribution < 1.29 is 9.53 Å². The van der Waals surface area contributed by atoms with Gasteiger partial charge in [0, 0.05) is 6.20 Å². The zero-order chi connectivity index (χ0) is 10.6. The molecule has 1 amide bonds. The molecule has 0 aliphatic heterocycles. The molecule has 0 fully saturated rings. The number of nitriles is 1. The molecule has 5 heteroatoms. The first-order chi connectivity index (χ1) is 6.69. The predicted molar refractivity (Wildman–Crippen MR) is 50.9 cm³/mol. The van der Waals surface area contributed by atoms with Gasteiger partial charge in [-0.2, -0.15) is 5.26 Å². The normalized spacial score (nSPS) is 9.21. The fourth-order valence-electron chi connectivity index (χ4n) is 1.03. The van der Waals surface area contributed by atoms with Crippen LogP contribution in [-0.2, 0) is 4.74 Å². The lowest BCUT2D eigenvalue weighted by molar-refractivity contribution is 0.168. The molecule has 1 heterocycles. The van der Waals surface area contributed by atoms with Gasteiger partial charge in [0.1, 0.15) is 11.9 Å². The Morgan fingerprint density at radius 1 is 1.79 bits per heavy atom. The molecule has 0 atom stereocenters. The number of aromatic amines is 1. The summed E-state index contributed by atoms with van der Waals surface area (Å²) in [5.41, 5.74) is 1.22. The van der Waals surface area contributed by atoms with Crippen LogP contribution < -0.4 is 5.32 Å². The largest absolute Gasteiger partial charge is 0.450 e. The molecule has 1 aromatic rings. The van der Waals surface area contributed by atoms with Gasteiger partial charge in [-0.15, -0.1) is 0 Å². The number of amides is 1. The van der Waals surface area contributed by atoms with Gasteiger partial charge < -0.3 is 9.72 Å². The molecule has 1 rings (SSSR count). The highest BCUT2D eigenvalue weighted by Gasteiger charge is 2.10. The minimum atomic E-state index is -0.564. The van der Waals surface area contributed by atoms with Gasteiger partial charge >= 0.3 is 6.09 Å². The van der Waals surface area contributed by atoms with Crippen LogP contribution in [0.1, 0.15) is 18.1 Å². The molecule has 2 N–H and O–H groups in total. The lowest BCUT2D eigenvalue weighted by Crippen LogP contribution is -2.14. The van der Waals surface area contributed by atoms with Gasteiger partial charge in [0.25, 0.3) is 0 Å². The van der Waals surface area contributed by atoms with E-state index in [0.29, 0.717) is 18.0 Å². The van der Waals surface area contributed by atoms with E-state index in [1.54, 1.807) is 20.0 Å². The standard InChI is InChI=1S/C9H11N3O2/c1-3-14-9(13)12-8-7(4-10)6(2)5-11-8/h5,11H,3H2,1-2H3,(H,12,13). The SMILES string of the molecule is CCOC(=O)Nc1[nH]cc(C)c1C#N. The van der Waals surface area contributed by atoms with E-state index in [9.17, 15) is 4.79 Å². The summed E-state index contributed by atoms with van der Waals surface area (Å²) in [6.45, 7) is 3.80. The summed E-state index contributed by atoms with van der Waals surface area (Å²) < 4.78 is 4.68. The number of anilines is 1. The Bertz CT molecular complexity index is 376. The van der Waals surface area contributed by atoms with Gasteiger partial charge in [-0.3, -0.25) is 5.32 Å². The number of hydrogen-bond donors (Lipinski definition) is 2. The van der Waals surface area contributed by atoms with E-state index < -0.39 is 6.09 Å². The first-order valence-corrected chi connectivity index (χ1v) is 4.20. The maximum Gasteiger partial charge on any atom is 0.412 e. The summed E-state index contributed by atoms with van der Waals surface area (Å²) in [5.74, 6) is 0.378. The Kier molecular flexibility index (Phi) is 3.13. The smallest absolute Gasteiger partial charge is 0.412 e. The molecular weight excluding hydrogens is 182 g/mol. The van der Waals surface area contributed by atoms with Gasteiger partial charge in [0.2, 0.25) is 0 Å². The van der Waals surface area contributed by atoms with Crippen LogP contribution in [0.5, 0.6) is 0 Å². The molecular formula is C9H11N3O2. The summed E-state index contributed by atoms with van der Waals surface area (Å²) in [6.07, 6.45) is 1.09. The second kappa shape index (κ2) is 4.33. The Labute approximate surface area is 81.7 Å². The molecule has 14 heavy (non-hydrogen) atoms. The topological polar surface area (TPSA) is 77.9 Å². The molecule has 0 radical (unpaired) electrons. The molecule has 74 valence electrons. The number of aryl methyl sites for hydroxylation is 1. The van der Waals surface area contributed by atoms with Crippen molar-refractivity contribution in [2.45, 2.75) is 13.8 Å². The van der Waals surface area contributed by atoms with Gasteiger partial charge in [0.05, 0.1) is 12.2 Å². The molecule has 0 saturated heterocycles. The van der Waals surface area contributed by atoms with Gasteiger partial charge in [0.15, 0.2) is 0 Å². The van der Waals surface area contributed by atoms with E-state index in [-0.39, 0.29) is 0 Å². The third-order valence-corrected chi connectivity index (χ3v) is 1.69. The van der Waals surface area contributed by atoms with Crippen LogP contribution in [0.3, 0.4) is 0 Å². The summed E-state index contributed by atoms with van der Waals surface area (Å²) in [6, 6.07) is 1.99. The van der Waals surface area contributed by atoms with Crippen molar-refractivity contribution >= 4 is 11.9 Å². The Morgan fingerprint density at radius 3 is 3.07 bits per heavy atom. The molecule has 0 aliphatic carbocycles. The van der Waals surface area contributed by atoms with Gasteiger partial charge in [-0.25, -0.2) is 4.79 Å². The summed E-state index contributed by atoms with van der Waals surface area (Å²) >= 11 is 0. The molecule has 0 aliphatic rings. The molecule has 0 bridgehead atoms. The number of H-pyrrole nitrogens is 1. The Balaban J connectivity index is 2.77. The zero-order valence-corrected chi connectivity index (χ0v) is 8.05. The van der Waals surface area contributed by atoms with Gasteiger partial charge in [-0.1, -0.05) is 0 Å². The number of aromatic nitrogens is 1. The maximum atomic E-state index is 11.0. The zero-order valence-electron chi connectivity index (χ0n) is 8.05. The van der Waals surface area contributed by atoms with Crippen LogP contribution >= 0.6 is 0 Å². The lowest BCUT2D eigenvalue weighted by Gasteiger charge is -2.02. The number of ether oxygens (including phenoxy) is 1. The van der Waals surface area contributed by atoms with Crippen LogP contribution in [0, 0.1) is 18.3 Å². The Hall–Kier alpha value is -1.96. The molecule has 0 spiro atoms. The maximum absolute atomic E-state index is 11.0. The number of carbonyl (C=O) groups excluding carboxylic acids is 1. The lowest BCUT2D eigenvalue weighted by atomic mass is 10.2. The molecule has 0 unspecified atom stereocenters. The van der Waals surface area contributed by atoms with Crippen molar-refractivity contribution in [3.63, 3.8) is 0 Å². The minimum Gasteiger partial charge on any atom is -0.450 e. The highest BCUT2D eigenvalue weighted by atomic mass is 16.5. The molecule has 5 nitrogen and oxygen atoms in total. The summed E-state index contributed by atoms with van der Waals surface area (Å²) in [5, 5.41) is 11.2. The number of nitrogens with one attached hydrogen (secondary N) is 2. The Morgan fingerprint density at radius 2 is 2.50 bits per heavy atom. The van der Waals surface area contributed by atoms with E-state index in [1.807, 2.05) is 6.07 Å². The van der Waals surface area contributed by atoms with Crippen molar-refractivity contribution in [2.24, 2.45) is 0 Å². The quantitative estimate of drug-likeness (QED) is 0.751. The summed E-state index contributed by atoms with van der Waals surface area (Å²) in [7, 11) is 0. The van der Waals surface area contributed by atoms with E-state index in [4.69, 9.17) is 5.26 Å². The van der Waals surface area contributed by atoms with Crippen LogP contribution in [-0.4, -0.2) is 17.7 Å². The monoisotopic (exact) mass is 193 g/mol. The predicted octanol–water partition coefficient (Wildman–Crippen LogP) is 1.76. The number of nitrogens with zero attached hydrogens (tertiary/aromatic N) is 1. The van der Waals surface area contributed by atoms with Crippen molar-refractivity contribution in [2.75, 3.05) is 11.9 Å². The molecule has 0 saturated carbocycles. The van der Waals surface area contributed by atoms with E-state index in [1.165, 1.54) is 0 Å². The average Bonchev–Trinajstić information content (AvgIpc) is 2.47. The van der Waals surface area contributed by atoms with Crippen LogP contribution in [0.25, 0.3) is 0 Å². The van der Waals surface area contributed by atoms with Crippen LogP contribution in [0.4, 0.5) is 10.6 Å². The first kappa shape index (κ1) is 10.1. The summed E-state index contributed by atoms with van der Waals surface area (Å²) in [4.78, 5) is 13.8. The van der Waals surface area contributed by atoms with Gasteiger partial charge in [-0.05, 0) is 19.4 Å². The van der Waals surface area contributed by atoms with Crippen molar-refractivity contribution in [1.82, 2.24) is 4.98 Å². The van der Waals surface area contributed by atoms with Crippen LogP contribution in [0.15, 0.2) is 6.20 Å². The second-order valence-corrected chi connectivity index (χ2v) is 2.68. The number of hydrogen-bond acceptors (Lipinski definition) is 3. The number of rotatable bonds is 2. The fraction of sp³-hybridized carbons (Fsp3) is 0.333. The van der Waals surface area contributed by atoms with Crippen molar-refractivity contribution in [3.05, 3.63) is 17.3 Å². The van der Waals surface area contributed by atoms with Crippen molar-refractivity contribution in [3.8, 4) is 6.07 Å². The van der Waals surface area contributed by atoms with Crippen molar-refractivity contribution in [1.29, 1.82) is 5.26 Å². The fourth-order valence-corrected chi connectivity index (χ4v) is 1.03. The average molecular weight is 193 g/mol. The first-order valence-electron chi connectivity index (χ1n) is 4.20. The van der Waals surface area contributed by atoms with E-state index in [2.05, 4.69) is 15.0 Å². The second-order valence-electron chi connectivity index (χ2n) is 2.68. The highest BCUT2D eigenvalue weighted by Crippen LogP contribution is 2.16. The third kappa shape index (κ3) is 2.04. The molecule has 1 aromatic heterocycles. The van der Waals surface area contributed by atoms with E-state index in [0.717, 1.165) is 5.56 Å².